The molecule has 0 aromatic heterocycles. The molecule has 34 heavy (non-hydrogen) atoms. The summed E-state index contributed by atoms with van der Waals surface area (Å²) in [5, 5.41) is 33.4. The summed E-state index contributed by atoms with van der Waals surface area (Å²) in [7, 11) is 0. The van der Waals surface area contributed by atoms with E-state index in [4.69, 9.17) is 4.74 Å². The lowest BCUT2D eigenvalue weighted by molar-refractivity contribution is -0.207. The van der Waals surface area contributed by atoms with Crippen molar-refractivity contribution in [1.29, 1.82) is 0 Å². The Morgan fingerprint density at radius 2 is 1.76 bits per heavy atom. The molecule has 0 bridgehead atoms. The fraction of sp³-hybridized carbons (Fsp3) is 0.964. The lowest BCUT2D eigenvalue weighted by atomic mass is 9.43. The molecule has 5 fully saturated rings. The van der Waals surface area contributed by atoms with Crippen molar-refractivity contribution in [3.05, 3.63) is 0 Å². The van der Waals surface area contributed by atoms with E-state index in [0.717, 1.165) is 51.4 Å². The first-order valence-corrected chi connectivity index (χ1v) is 14.1. The molecular formula is C28H47NO5. The largest absolute Gasteiger partial charge is 0.393 e. The molecule has 0 spiro atoms. The number of ether oxygens (including phenoxy) is 1. The monoisotopic (exact) mass is 477 g/mol. The second-order valence-corrected chi connectivity index (χ2v) is 13.0. The molecule has 6 nitrogen and oxygen atoms in total. The zero-order valence-electron chi connectivity index (χ0n) is 21.5. The number of aliphatic hydroxyl groups is 3. The van der Waals surface area contributed by atoms with Crippen LogP contribution in [-0.2, 0) is 9.53 Å². The van der Waals surface area contributed by atoms with Crippen LogP contribution in [0.15, 0.2) is 0 Å². The Balaban J connectivity index is 1.30. The van der Waals surface area contributed by atoms with Crippen LogP contribution < -0.4 is 0 Å². The summed E-state index contributed by atoms with van der Waals surface area (Å²) < 4.78 is 5.38. The Morgan fingerprint density at radius 1 is 1.03 bits per heavy atom. The number of rotatable bonds is 4. The number of nitrogens with zero attached hydrogens (tertiary/aromatic N) is 1. The number of carbonyl (C=O) groups is 1. The number of hydrogen-bond donors (Lipinski definition) is 3. The van der Waals surface area contributed by atoms with Crippen molar-refractivity contribution in [2.24, 2.45) is 46.3 Å². The molecule has 6 heteroatoms. The van der Waals surface area contributed by atoms with Crippen LogP contribution in [-0.4, -0.2) is 70.7 Å². The van der Waals surface area contributed by atoms with E-state index in [1.54, 1.807) is 0 Å². The highest BCUT2D eigenvalue weighted by Crippen LogP contribution is 2.68. The predicted molar refractivity (Wildman–Crippen MR) is 130 cm³/mol. The van der Waals surface area contributed by atoms with Crippen LogP contribution in [0.3, 0.4) is 0 Å². The van der Waals surface area contributed by atoms with Gasteiger partial charge in [-0.1, -0.05) is 20.8 Å². The summed E-state index contributed by atoms with van der Waals surface area (Å²) in [6.07, 6.45) is 6.88. The summed E-state index contributed by atoms with van der Waals surface area (Å²) in [6.45, 7) is 9.64. The predicted octanol–water partition coefficient (Wildman–Crippen LogP) is 3.22. The van der Waals surface area contributed by atoms with Gasteiger partial charge < -0.3 is 25.0 Å². The Kier molecular flexibility index (Phi) is 6.84. The van der Waals surface area contributed by atoms with Gasteiger partial charge in [0.25, 0.3) is 0 Å². The minimum atomic E-state index is -0.363. The third-order valence-corrected chi connectivity index (χ3v) is 11.7. The summed E-state index contributed by atoms with van der Waals surface area (Å²) in [5.41, 5.74) is -0.0827. The molecule has 0 aromatic rings. The van der Waals surface area contributed by atoms with Gasteiger partial charge in [-0.3, -0.25) is 4.79 Å². The molecule has 3 N–H and O–H groups in total. The lowest BCUT2D eigenvalue weighted by Gasteiger charge is -2.63. The van der Waals surface area contributed by atoms with Crippen LogP contribution in [0.25, 0.3) is 0 Å². The molecule has 1 amide bonds. The average Bonchev–Trinajstić information content (AvgIpc) is 3.18. The molecule has 0 aromatic carbocycles. The van der Waals surface area contributed by atoms with Crippen LogP contribution in [0, 0.1) is 46.3 Å². The summed E-state index contributed by atoms with van der Waals surface area (Å²) in [5.74, 6) is 2.27. The van der Waals surface area contributed by atoms with E-state index < -0.39 is 0 Å². The normalized spacial score (nSPS) is 49.6. The Labute approximate surface area is 205 Å². The highest BCUT2D eigenvalue weighted by atomic mass is 16.5. The molecule has 4 saturated carbocycles. The SMILES string of the molecule is C[C@H](CCC(=O)N1CCOCC1)[C@H]1CC[C@H]2[C@@H]3[C@H](O)C[C@@H]4C[C@H](O)CC[C@]4(C)[C@H]3C[C@H](O)[C@]12C. The average molecular weight is 478 g/mol. The van der Waals surface area contributed by atoms with Crippen molar-refractivity contribution in [2.75, 3.05) is 26.3 Å². The van der Waals surface area contributed by atoms with Gasteiger partial charge >= 0.3 is 0 Å². The lowest BCUT2D eigenvalue weighted by Crippen LogP contribution is -2.62. The molecule has 5 aliphatic rings. The number of carbonyl (C=O) groups excluding carboxylic acids is 1. The maximum Gasteiger partial charge on any atom is 0.222 e. The van der Waals surface area contributed by atoms with Crippen molar-refractivity contribution >= 4 is 5.91 Å². The van der Waals surface area contributed by atoms with Crippen LogP contribution in [0.1, 0.15) is 78.6 Å². The third-order valence-electron chi connectivity index (χ3n) is 11.7. The number of morpholine rings is 1. The highest BCUT2D eigenvalue weighted by Gasteiger charge is 2.65. The molecular weight excluding hydrogens is 430 g/mol. The Hall–Kier alpha value is -0.690. The smallest absolute Gasteiger partial charge is 0.222 e. The second-order valence-electron chi connectivity index (χ2n) is 13.0. The van der Waals surface area contributed by atoms with E-state index in [1.165, 1.54) is 0 Å². The molecule has 4 aliphatic carbocycles. The summed E-state index contributed by atoms with van der Waals surface area (Å²) in [4.78, 5) is 14.7. The minimum absolute atomic E-state index is 0.111. The number of fused-ring (bicyclic) bond motifs is 5. The maximum atomic E-state index is 12.7. The summed E-state index contributed by atoms with van der Waals surface area (Å²) in [6, 6.07) is 0. The first-order valence-electron chi connectivity index (χ1n) is 14.1. The van der Waals surface area contributed by atoms with E-state index in [9.17, 15) is 20.1 Å². The number of aliphatic hydroxyl groups excluding tert-OH is 3. The standard InChI is InChI=1S/C28H47NO5/c1-17(4-7-25(33)29-10-12-34-13-11-29)20-5-6-21-26-22(16-24(32)28(20,21)3)27(2)9-8-19(30)14-18(27)15-23(26)31/h17-24,26,30-32H,4-16H2,1-3H3/t17-,18+,19-,20-,21+,22+,23-,24+,26+,27+,28-/m1/s1. The van der Waals surface area contributed by atoms with Crippen molar-refractivity contribution in [3.8, 4) is 0 Å². The van der Waals surface area contributed by atoms with Crippen LogP contribution in [0.5, 0.6) is 0 Å². The minimum Gasteiger partial charge on any atom is -0.393 e. The van der Waals surface area contributed by atoms with Gasteiger partial charge in [-0.2, -0.15) is 0 Å². The molecule has 1 saturated heterocycles. The van der Waals surface area contributed by atoms with Crippen molar-refractivity contribution in [2.45, 2.75) is 96.9 Å². The Bertz CT molecular complexity index is 755. The zero-order chi connectivity index (χ0) is 24.3. The van der Waals surface area contributed by atoms with E-state index >= 15 is 0 Å². The van der Waals surface area contributed by atoms with Gasteiger partial charge in [-0.25, -0.2) is 0 Å². The molecule has 5 rings (SSSR count). The van der Waals surface area contributed by atoms with Crippen LogP contribution in [0.2, 0.25) is 0 Å². The molecule has 1 aliphatic heterocycles. The third kappa shape index (κ3) is 3.95. The number of amides is 1. The highest BCUT2D eigenvalue weighted by molar-refractivity contribution is 5.76. The van der Waals surface area contributed by atoms with Gasteiger partial charge in [0, 0.05) is 19.5 Å². The fourth-order valence-corrected chi connectivity index (χ4v) is 9.65. The van der Waals surface area contributed by atoms with Gasteiger partial charge in [-0.15, -0.1) is 0 Å². The van der Waals surface area contributed by atoms with Crippen molar-refractivity contribution in [1.82, 2.24) is 4.90 Å². The van der Waals surface area contributed by atoms with E-state index in [-0.39, 0.29) is 41.0 Å². The molecule has 11 atom stereocenters. The van der Waals surface area contributed by atoms with Crippen molar-refractivity contribution < 1.29 is 24.9 Å². The fourth-order valence-electron chi connectivity index (χ4n) is 9.65. The zero-order valence-corrected chi connectivity index (χ0v) is 21.5. The topological polar surface area (TPSA) is 90.2 Å². The first kappa shape index (κ1) is 25.0. The quantitative estimate of drug-likeness (QED) is 0.578. The molecule has 194 valence electrons. The van der Waals surface area contributed by atoms with Gasteiger partial charge in [-0.05, 0) is 97.7 Å². The van der Waals surface area contributed by atoms with Crippen LogP contribution >= 0.6 is 0 Å². The van der Waals surface area contributed by atoms with Crippen molar-refractivity contribution in [3.63, 3.8) is 0 Å². The van der Waals surface area contributed by atoms with E-state index in [2.05, 4.69) is 20.8 Å². The van der Waals surface area contributed by atoms with Gasteiger partial charge in [0.1, 0.15) is 0 Å². The number of hydrogen-bond acceptors (Lipinski definition) is 5. The second kappa shape index (κ2) is 9.32. The maximum absolute atomic E-state index is 12.7. The molecule has 0 radical (unpaired) electrons. The Morgan fingerprint density at radius 3 is 2.50 bits per heavy atom. The van der Waals surface area contributed by atoms with Gasteiger partial charge in [0.15, 0.2) is 0 Å². The van der Waals surface area contributed by atoms with Gasteiger partial charge in [0.05, 0.1) is 31.5 Å². The molecule has 0 unspecified atom stereocenters. The van der Waals surface area contributed by atoms with E-state index in [1.807, 2.05) is 4.90 Å². The molecule has 1 heterocycles. The van der Waals surface area contributed by atoms with Gasteiger partial charge in [0.2, 0.25) is 5.91 Å². The van der Waals surface area contributed by atoms with Crippen LogP contribution in [0.4, 0.5) is 0 Å². The summed E-state index contributed by atoms with van der Waals surface area (Å²) >= 11 is 0. The van der Waals surface area contributed by atoms with E-state index in [0.29, 0.717) is 62.3 Å². The first-order chi connectivity index (χ1) is 16.2.